The lowest BCUT2D eigenvalue weighted by Crippen LogP contribution is -2.43. The molecule has 0 radical (unpaired) electrons. The molecule has 0 amide bonds. The average molecular weight is 380 g/mol. The van der Waals surface area contributed by atoms with Crippen LogP contribution in [-0.2, 0) is 14.8 Å². The van der Waals surface area contributed by atoms with E-state index in [2.05, 4.69) is 0 Å². The zero-order chi connectivity index (χ0) is 17.1. The van der Waals surface area contributed by atoms with Gasteiger partial charge in [-0.2, -0.15) is 4.31 Å². The Hall–Kier alpha value is -1.35. The first-order chi connectivity index (χ1) is 10.6. The van der Waals surface area contributed by atoms with Crippen molar-refractivity contribution in [1.29, 1.82) is 0 Å². The lowest BCUT2D eigenvalue weighted by molar-refractivity contribution is -0.141. The molecule has 0 unspecified atom stereocenters. The van der Waals surface area contributed by atoms with Gasteiger partial charge in [-0.15, -0.1) is 0 Å². The Morgan fingerprint density at radius 2 is 1.83 bits per heavy atom. The molecule has 2 N–H and O–H groups in total. The molecule has 1 aliphatic carbocycles. The summed E-state index contributed by atoms with van der Waals surface area (Å²) >= 11 is 11.7. The molecule has 2 fully saturated rings. The van der Waals surface area contributed by atoms with Gasteiger partial charge in [0.25, 0.3) is 0 Å². The van der Waals surface area contributed by atoms with Crippen LogP contribution in [0, 0.1) is 11.8 Å². The summed E-state index contributed by atoms with van der Waals surface area (Å²) in [6, 6.07) is 0.752. The number of carboxylic acids is 2. The van der Waals surface area contributed by atoms with Gasteiger partial charge in [-0.05, 0) is 30.4 Å². The molecule has 1 aromatic carbocycles. The quantitative estimate of drug-likeness (QED) is 0.824. The van der Waals surface area contributed by atoms with Crippen LogP contribution < -0.4 is 0 Å². The number of carbonyl (C=O) groups is 2. The molecule has 0 aromatic heterocycles. The maximum atomic E-state index is 12.8. The van der Waals surface area contributed by atoms with Crippen molar-refractivity contribution in [3.05, 3.63) is 27.7 Å². The SMILES string of the molecule is O=C(O)c1cc(S(=O)(=O)N2C[C@@H]3C[C@H]3[C@@H]2C(=O)O)c(Cl)cc1Cl. The third kappa shape index (κ3) is 2.59. The first-order valence-corrected chi connectivity index (χ1v) is 8.81. The number of hydrogen-bond acceptors (Lipinski definition) is 4. The van der Waals surface area contributed by atoms with E-state index in [1.165, 1.54) is 0 Å². The molecular weight excluding hydrogens is 369 g/mol. The molecular formula is C13H11Cl2NO6S. The number of piperidine rings is 1. The number of aromatic carboxylic acids is 1. The summed E-state index contributed by atoms with van der Waals surface area (Å²) in [5, 5.41) is 17.9. The summed E-state index contributed by atoms with van der Waals surface area (Å²) < 4.78 is 26.4. The molecule has 0 spiro atoms. The molecule has 10 heteroatoms. The highest BCUT2D eigenvalue weighted by atomic mass is 35.5. The van der Waals surface area contributed by atoms with Crippen molar-refractivity contribution in [3.8, 4) is 0 Å². The Morgan fingerprint density at radius 1 is 1.17 bits per heavy atom. The third-order valence-electron chi connectivity index (χ3n) is 4.20. The summed E-state index contributed by atoms with van der Waals surface area (Å²) in [5.74, 6) is -2.80. The van der Waals surface area contributed by atoms with E-state index in [0.29, 0.717) is 6.42 Å². The van der Waals surface area contributed by atoms with E-state index in [0.717, 1.165) is 16.4 Å². The molecule has 2 aliphatic rings. The van der Waals surface area contributed by atoms with Gasteiger partial charge < -0.3 is 10.2 Å². The van der Waals surface area contributed by atoms with Gasteiger partial charge in [-0.1, -0.05) is 23.2 Å². The zero-order valence-electron chi connectivity index (χ0n) is 11.4. The van der Waals surface area contributed by atoms with Gasteiger partial charge in [-0.3, -0.25) is 4.79 Å². The van der Waals surface area contributed by atoms with Crippen LogP contribution in [-0.4, -0.2) is 47.5 Å². The van der Waals surface area contributed by atoms with E-state index < -0.39 is 38.5 Å². The Labute approximate surface area is 141 Å². The highest BCUT2D eigenvalue weighted by Gasteiger charge is 2.59. The molecule has 0 bridgehead atoms. The van der Waals surface area contributed by atoms with Crippen molar-refractivity contribution >= 4 is 45.2 Å². The van der Waals surface area contributed by atoms with Gasteiger partial charge in [0.1, 0.15) is 10.9 Å². The lowest BCUT2D eigenvalue weighted by Gasteiger charge is -2.24. The molecule has 124 valence electrons. The first kappa shape index (κ1) is 16.5. The van der Waals surface area contributed by atoms with Crippen LogP contribution in [0.25, 0.3) is 0 Å². The second-order valence-electron chi connectivity index (χ2n) is 5.59. The van der Waals surface area contributed by atoms with Crippen LogP contribution >= 0.6 is 23.2 Å². The second kappa shape index (κ2) is 5.34. The molecule has 1 aliphatic heterocycles. The molecule has 3 rings (SSSR count). The van der Waals surface area contributed by atoms with E-state index in [1.807, 2.05) is 0 Å². The zero-order valence-corrected chi connectivity index (χ0v) is 13.8. The summed E-state index contributed by atoms with van der Waals surface area (Å²) in [4.78, 5) is 22.1. The Morgan fingerprint density at radius 3 is 2.39 bits per heavy atom. The van der Waals surface area contributed by atoms with Gasteiger partial charge in [-0.25, -0.2) is 13.2 Å². The fourth-order valence-corrected chi connectivity index (χ4v) is 5.51. The number of fused-ring (bicyclic) bond motifs is 1. The minimum Gasteiger partial charge on any atom is -0.480 e. The van der Waals surface area contributed by atoms with Gasteiger partial charge in [0.05, 0.1) is 15.6 Å². The summed E-state index contributed by atoms with van der Waals surface area (Å²) in [5.41, 5.74) is -0.411. The summed E-state index contributed by atoms with van der Waals surface area (Å²) in [7, 11) is -4.24. The van der Waals surface area contributed by atoms with Crippen molar-refractivity contribution in [1.82, 2.24) is 4.31 Å². The molecule has 1 saturated carbocycles. The molecule has 7 nitrogen and oxygen atoms in total. The normalized spacial score (nSPS) is 26.8. The van der Waals surface area contributed by atoms with Crippen molar-refractivity contribution in [2.24, 2.45) is 11.8 Å². The minimum atomic E-state index is -4.24. The third-order valence-corrected chi connectivity index (χ3v) is 6.82. The smallest absolute Gasteiger partial charge is 0.337 e. The summed E-state index contributed by atoms with van der Waals surface area (Å²) in [6.07, 6.45) is 0.678. The Balaban J connectivity index is 2.08. The van der Waals surface area contributed by atoms with Crippen molar-refractivity contribution in [3.63, 3.8) is 0 Å². The van der Waals surface area contributed by atoms with Gasteiger partial charge >= 0.3 is 11.9 Å². The number of aliphatic carboxylic acids is 1. The predicted octanol–water partition coefficient (Wildman–Crippen LogP) is 1.79. The van der Waals surface area contributed by atoms with E-state index >= 15 is 0 Å². The second-order valence-corrected chi connectivity index (χ2v) is 8.26. The average Bonchev–Trinajstić information content (AvgIpc) is 3.07. The summed E-state index contributed by atoms with van der Waals surface area (Å²) in [6.45, 7) is 0.0886. The predicted molar refractivity (Wildman–Crippen MR) is 80.3 cm³/mol. The van der Waals surface area contributed by atoms with Gasteiger partial charge in [0.15, 0.2) is 0 Å². The Bertz CT molecular complexity index is 824. The van der Waals surface area contributed by atoms with E-state index in [4.69, 9.17) is 28.3 Å². The van der Waals surface area contributed by atoms with E-state index in [-0.39, 0.29) is 28.4 Å². The van der Waals surface area contributed by atoms with Crippen LogP contribution in [0.3, 0.4) is 0 Å². The van der Waals surface area contributed by atoms with Crippen LogP contribution in [0.4, 0.5) is 0 Å². The largest absolute Gasteiger partial charge is 0.480 e. The molecule has 1 saturated heterocycles. The maximum Gasteiger partial charge on any atom is 0.337 e. The number of halogens is 2. The lowest BCUT2D eigenvalue weighted by atomic mass is 10.2. The molecule has 3 atom stereocenters. The molecule has 23 heavy (non-hydrogen) atoms. The van der Waals surface area contributed by atoms with Crippen molar-refractivity contribution in [2.75, 3.05) is 6.54 Å². The fourth-order valence-electron chi connectivity index (χ4n) is 3.00. The number of hydrogen-bond donors (Lipinski definition) is 2. The Kier molecular flexibility index (Phi) is 3.83. The van der Waals surface area contributed by atoms with Crippen LogP contribution in [0.1, 0.15) is 16.8 Å². The first-order valence-electron chi connectivity index (χ1n) is 6.61. The maximum absolute atomic E-state index is 12.8. The number of benzene rings is 1. The van der Waals surface area contributed by atoms with Crippen LogP contribution in [0.2, 0.25) is 10.0 Å². The fraction of sp³-hybridized carbons (Fsp3) is 0.385. The van der Waals surface area contributed by atoms with Crippen LogP contribution in [0.5, 0.6) is 0 Å². The topological polar surface area (TPSA) is 112 Å². The van der Waals surface area contributed by atoms with E-state index in [9.17, 15) is 23.1 Å². The highest BCUT2D eigenvalue weighted by Crippen LogP contribution is 2.51. The van der Waals surface area contributed by atoms with Crippen molar-refractivity contribution < 1.29 is 28.2 Å². The van der Waals surface area contributed by atoms with Gasteiger partial charge in [0.2, 0.25) is 10.0 Å². The standard InChI is InChI=1S/C13H11Cl2NO6S/c14-8-3-9(15)10(2-7(8)12(17)18)23(21,22)16-4-5-1-6(5)11(16)13(19)20/h2-3,5-6,11H,1,4H2,(H,17,18)(H,19,20)/t5-,6+,11+/m0/s1. The van der Waals surface area contributed by atoms with E-state index in [1.54, 1.807) is 0 Å². The number of rotatable bonds is 4. The van der Waals surface area contributed by atoms with Crippen LogP contribution in [0.15, 0.2) is 17.0 Å². The number of sulfonamides is 1. The minimum absolute atomic E-state index is 0.0240. The number of carboxylic acid groups (broad SMARTS) is 2. The number of nitrogens with zero attached hydrogens (tertiary/aromatic N) is 1. The highest BCUT2D eigenvalue weighted by molar-refractivity contribution is 7.89. The monoisotopic (exact) mass is 379 g/mol. The van der Waals surface area contributed by atoms with Gasteiger partial charge in [0, 0.05) is 6.54 Å². The molecule has 1 aromatic rings. The van der Waals surface area contributed by atoms with Crippen molar-refractivity contribution in [2.45, 2.75) is 17.4 Å². The molecule has 1 heterocycles.